The molecule has 0 saturated heterocycles. The van der Waals surface area contributed by atoms with Gasteiger partial charge in [-0.3, -0.25) is 14.9 Å². The molecule has 0 saturated carbocycles. The molecule has 0 unspecified atom stereocenters. The topological polar surface area (TPSA) is 98.5 Å². The lowest BCUT2D eigenvalue weighted by atomic mass is 10.1. The first-order chi connectivity index (χ1) is 12.2. The Hall–Kier alpha value is -3.14. The van der Waals surface area contributed by atoms with Gasteiger partial charge in [0.15, 0.2) is 5.82 Å². The SMILES string of the molecule is COC(=O)c1cc(NC(=O)c2cc([N+](=O)[O-])c(F)c(F)c2F)ccc1Cl. The molecule has 0 fully saturated rings. The maximum absolute atomic E-state index is 13.8. The lowest BCUT2D eigenvalue weighted by Gasteiger charge is -2.09. The molecule has 0 radical (unpaired) electrons. The summed E-state index contributed by atoms with van der Waals surface area (Å²) in [6.07, 6.45) is 0. The summed E-state index contributed by atoms with van der Waals surface area (Å²) in [6, 6.07) is 3.82. The lowest BCUT2D eigenvalue weighted by molar-refractivity contribution is -0.387. The second-order valence-electron chi connectivity index (χ2n) is 4.78. The van der Waals surface area contributed by atoms with Gasteiger partial charge in [-0.25, -0.2) is 13.6 Å². The van der Waals surface area contributed by atoms with Crippen LogP contribution in [-0.4, -0.2) is 23.9 Å². The minimum atomic E-state index is -2.16. The van der Waals surface area contributed by atoms with Crippen molar-refractivity contribution in [2.75, 3.05) is 12.4 Å². The van der Waals surface area contributed by atoms with Gasteiger partial charge in [-0.1, -0.05) is 11.6 Å². The van der Waals surface area contributed by atoms with E-state index < -0.39 is 45.5 Å². The van der Waals surface area contributed by atoms with E-state index in [0.717, 1.165) is 13.2 Å². The van der Waals surface area contributed by atoms with E-state index in [1.54, 1.807) is 0 Å². The molecule has 1 amide bonds. The molecule has 2 aromatic carbocycles. The molecule has 0 aliphatic carbocycles. The van der Waals surface area contributed by atoms with E-state index in [2.05, 4.69) is 10.1 Å². The number of nitrogens with one attached hydrogen (secondary N) is 1. The number of anilines is 1. The molecule has 0 bridgehead atoms. The van der Waals surface area contributed by atoms with Crippen LogP contribution in [0.1, 0.15) is 20.7 Å². The number of carbonyl (C=O) groups excluding carboxylic acids is 2. The fourth-order valence-corrected chi connectivity index (χ4v) is 2.15. The standard InChI is InChI=1S/C15H8ClF3N2O5/c1-26-15(23)7-4-6(2-3-9(7)16)20-14(22)8-5-10(21(24)25)12(18)13(19)11(8)17/h2-5H,1H3,(H,20,22). The molecule has 11 heteroatoms. The zero-order valence-corrected chi connectivity index (χ0v) is 13.6. The summed E-state index contributed by atoms with van der Waals surface area (Å²) < 4.78 is 45.1. The maximum Gasteiger partial charge on any atom is 0.339 e. The second kappa shape index (κ2) is 7.40. The average Bonchev–Trinajstić information content (AvgIpc) is 2.60. The quantitative estimate of drug-likeness (QED) is 0.372. The van der Waals surface area contributed by atoms with Gasteiger partial charge in [-0.15, -0.1) is 0 Å². The third kappa shape index (κ3) is 3.59. The van der Waals surface area contributed by atoms with Crippen LogP contribution in [0, 0.1) is 27.6 Å². The Balaban J connectivity index is 2.43. The molecule has 0 spiro atoms. The largest absolute Gasteiger partial charge is 0.465 e. The number of ether oxygens (including phenoxy) is 1. The summed E-state index contributed by atoms with van der Waals surface area (Å²) >= 11 is 5.80. The summed E-state index contributed by atoms with van der Waals surface area (Å²) in [5.41, 5.74) is -2.68. The van der Waals surface area contributed by atoms with Crippen LogP contribution in [0.3, 0.4) is 0 Å². The van der Waals surface area contributed by atoms with Crippen LogP contribution < -0.4 is 5.32 Å². The number of carbonyl (C=O) groups is 2. The normalized spacial score (nSPS) is 10.3. The molecule has 0 aliphatic heterocycles. The minimum Gasteiger partial charge on any atom is -0.465 e. The molecule has 26 heavy (non-hydrogen) atoms. The Kier molecular flexibility index (Phi) is 5.46. The van der Waals surface area contributed by atoms with Crippen LogP contribution in [0.4, 0.5) is 24.5 Å². The molecule has 2 aromatic rings. The molecule has 136 valence electrons. The predicted octanol–water partition coefficient (Wildman–Crippen LogP) is 3.70. The van der Waals surface area contributed by atoms with Crippen LogP contribution in [0.15, 0.2) is 24.3 Å². The number of amides is 1. The fourth-order valence-electron chi connectivity index (χ4n) is 1.96. The molecule has 0 atom stereocenters. The van der Waals surface area contributed by atoms with Crippen molar-refractivity contribution in [3.05, 3.63) is 68.0 Å². The monoisotopic (exact) mass is 388 g/mol. The van der Waals surface area contributed by atoms with Crippen LogP contribution in [0.2, 0.25) is 5.02 Å². The highest BCUT2D eigenvalue weighted by atomic mass is 35.5. The molecule has 0 aromatic heterocycles. The van der Waals surface area contributed by atoms with Gasteiger partial charge in [0.2, 0.25) is 11.6 Å². The molecule has 2 rings (SSSR count). The van der Waals surface area contributed by atoms with Gasteiger partial charge >= 0.3 is 11.7 Å². The van der Waals surface area contributed by atoms with Crippen LogP contribution in [0.25, 0.3) is 0 Å². The van der Waals surface area contributed by atoms with Crippen LogP contribution >= 0.6 is 11.6 Å². The average molecular weight is 389 g/mol. The van der Waals surface area contributed by atoms with Crippen molar-refractivity contribution in [3.8, 4) is 0 Å². The van der Waals surface area contributed by atoms with Gasteiger partial charge in [0.25, 0.3) is 5.91 Å². The first-order valence-corrected chi connectivity index (χ1v) is 7.06. The highest BCUT2D eigenvalue weighted by molar-refractivity contribution is 6.33. The van der Waals surface area contributed by atoms with Crippen LogP contribution in [0.5, 0.6) is 0 Å². The van der Waals surface area contributed by atoms with E-state index in [-0.39, 0.29) is 22.3 Å². The Labute approximate surface area is 148 Å². The van der Waals surface area contributed by atoms with Gasteiger partial charge in [0, 0.05) is 11.8 Å². The fraction of sp³-hybridized carbons (Fsp3) is 0.0667. The van der Waals surface area contributed by atoms with Crippen molar-refractivity contribution in [3.63, 3.8) is 0 Å². The molecule has 0 aliphatic rings. The highest BCUT2D eigenvalue weighted by Crippen LogP contribution is 2.27. The summed E-state index contributed by atoms with van der Waals surface area (Å²) in [6.45, 7) is 0. The summed E-state index contributed by atoms with van der Waals surface area (Å²) in [5, 5.41) is 12.8. The van der Waals surface area contributed by atoms with Crippen molar-refractivity contribution in [2.45, 2.75) is 0 Å². The predicted molar refractivity (Wildman–Crippen MR) is 83.7 cm³/mol. The molecule has 1 N–H and O–H groups in total. The van der Waals surface area contributed by atoms with Crippen molar-refractivity contribution < 1.29 is 32.4 Å². The van der Waals surface area contributed by atoms with E-state index in [0.29, 0.717) is 0 Å². The Morgan fingerprint density at radius 2 is 1.77 bits per heavy atom. The minimum absolute atomic E-state index is 0.00416. The first-order valence-electron chi connectivity index (χ1n) is 6.68. The number of rotatable bonds is 4. The van der Waals surface area contributed by atoms with Gasteiger partial charge in [0.05, 0.1) is 28.2 Å². The number of nitro groups is 1. The number of methoxy groups -OCH3 is 1. The zero-order valence-electron chi connectivity index (χ0n) is 12.8. The number of esters is 1. The van der Waals surface area contributed by atoms with Crippen LogP contribution in [-0.2, 0) is 4.74 Å². The highest BCUT2D eigenvalue weighted by Gasteiger charge is 2.28. The smallest absolute Gasteiger partial charge is 0.339 e. The Bertz CT molecular complexity index is 936. The van der Waals surface area contributed by atoms with Crippen molar-refractivity contribution in [1.29, 1.82) is 0 Å². The van der Waals surface area contributed by atoms with Gasteiger partial charge in [-0.2, -0.15) is 4.39 Å². The zero-order chi connectivity index (χ0) is 19.6. The number of nitrogens with zero attached hydrogens (tertiary/aromatic N) is 1. The number of nitro benzene ring substituents is 1. The van der Waals surface area contributed by atoms with E-state index in [9.17, 15) is 32.9 Å². The van der Waals surface area contributed by atoms with E-state index in [1.807, 2.05) is 0 Å². The number of hydrogen-bond acceptors (Lipinski definition) is 5. The van der Waals surface area contributed by atoms with Gasteiger partial charge in [0.1, 0.15) is 0 Å². The number of hydrogen-bond donors (Lipinski definition) is 1. The maximum atomic E-state index is 13.8. The molecule has 0 heterocycles. The Morgan fingerprint density at radius 3 is 2.35 bits per heavy atom. The first kappa shape index (κ1) is 19.2. The van der Waals surface area contributed by atoms with Crippen molar-refractivity contribution in [2.24, 2.45) is 0 Å². The third-order valence-corrected chi connectivity index (χ3v) is 3.53. The summed E-state index contributed by atoms with van der Waals surface area (Å²) in [4.78, 5) is 33.0. The molecule has 7 nitrogen and oxygen atoms in total. The summed E-state index contributed by atoms with van der Waals surface area (Å²) in [5.74, 6) is -8.20. The third-order valence-electron chi connectivity index (χ3n) is 3.20. The van der Waals surface area contributed by atoms with E-state index >= 15 is 0 Å². The summed E-state index contributed by atoms with van der Waals surface area (Å²) in [7, 11) is 1.10. The van der Waals surface area contributed by atoms with Gasteiger partial charge < -0.3 is 10.1 Å². The Morgan fingerprint density at radius 1 is 1.12 bits per heavy atom. The van der Waals surface area contributed by atoms with E-state index in [4.69, 9.17) is 11.6 Å². The van der Waals surface area contributed by atoms with E-state index in [1.165, 1.54) is 12.1 Å². The van der Waals surface area contributed by atoms with Crippen molar-refractivity contribution >= 4 is 34.9 Å². The molecular formula is C15H8ClF3N2O5. The van der Waals surface area contributed by atoms with Crippen molar-refractivity contribution in [1.82, 2.24) is 0 Å². The molecular weight excluding hydrogens is 381 g/mol. The number of halogens is 4. The van der Waals surface area contributed by atoms with Gasteiger partial charge in [-0.05, 0) is 18.2 Å². The second-order valence-corrected chi connectivity index (χ2v) is 5.19. The lowest BCUT2D eigenvalue weighted by Crippen LogP contribution is -2.16. The number of benzene rings is 2.